The van der Waals surface area contributed by atoms with E-state index < -0.39 is 0 Å². The Hall–Kier alpha value is -1.39. The van der Waals surface area contributed by atoms with Gasteiger partial charge in [-0.05, 0) is 52.7 Å². The molecule has 0 aliphatic rings. The van der Waals surface area contributed by atoms with Crippen LogP contribution < -0.4 is 10.5 Å². The van der Waals surface area contributed by atoms with Gasteiger partial charge in [0.05, 0.1) is 4.47 Å². The van der Waals surface area contributed by atoms with Crippen LogP contribution in [0.25, 0.3) is 0 Å². The molecule has 0 spiro atoms. The van der Waals surface area contributed by atoms with Crippen molar-refractivity contribution in [3.8, 4) is 11.5 Å². The normalized spacial score (nSPS) is 12.2. The van der Waals surface area contributed by atoms with E-state index in [0.717, 1.165) is 5.56 Å². The number of benzene rings is 2. The standard InChI is InChI=1S/C14H13BrFNO/c1-9(17)10-3-2-4-11(7-10)18-12-5-6-13(15)14(16)8-12/h2-9H,17H2,1H3. The summed E-state index contributed by atoms with van der Waals surface area (Å²) in [5.74, 6) is 0.750. The Morgan fingerprint density at radius 1 is 1.17 bits per heavy atom. The van der Waals surface area contributed by atoms with Crippen LogP contribution in [0.1, 0.15) is 18.5 Å². The minimum atomic E-state index is -0.351. The zero-order valence-electron chi connectivity index (χ0n) is 9.86. The number of ether oxygens (including phenoxy) is 1. The Morgan fingerprint density at radius 2 is 1.89 bits per heavy atom. The largest absolute Gasteiger partial charge is 0.457 e. The molecule has 4 heteroatoms. The SMILES string of the molecule is CC(N)c1cccc(Oc2ccc(Br)c(F)c2)c1. The number of hydrogen-bond acceptors (Lipinski definition) is 2. The van der Waals surface area contributed by atoms with E-state index in [1.54, 1.807) is 12.1 Å². The van der Waals surface area contributed by atoms with Gasteiger partial charge in [-0.3, -0.25) is 0 Å². The first-order valence-electron chi connectivity index (χ1n) is 5.54. The fraction of sp³-hybridized carbons (Fsp3) is 0.143. The van der Waals surface area contributed by atoms with Crippen molar-refractivity contribution in [2.75, 3.05) is 0 Å². The number of rotatable bonds is 3. The first-order chi connectivity index (χ1) is 8.56. The van der Waals surface area contributed by atoms with Crippen LogP contribution in [-0.2, 0) is 0 Å². The monoisotopic (exact) mass is 309 g/mol. The Morgan fingerprint density at radius 3 is 2.56 bits per heavy atom. The molecule has 2 nitrogen and oxygen atoms in total. The molecule has 2 N–H and O–H groups in total. The highest BCUT2D eigenvalue weighted by atomic mass is 79.9. The van der Waals surface area contributed by atoms with Crippen LogP contribution in [0.15, 0.2) is 46.9 Å². The lowest BCUT2D eigenvalue weighted by Crippen LogP contribution is -2.04. The van der Waals surface area contributed by atoms with Crippen LogP contribution in [0.3, 0.4) is 0 Å². The molecule has 0 amide bonds. The van der Waals surface area contributed by atoms with Crippen molar-refractivity contribution in [3.63, 3.8) is 0 Å². The van der Waals surface area contributed by atoms with Gasteiger partial charge in [-0.15, -0.1) is 0 Å². The fourth-order valence-corrected chi connectivity index (χ4v) is 1.78. The summed E-state index contributed by atoms with van der Waals surface area (Å²) in [6, 6.07) is 12.0. The van der Waals surface area contributed by atoms with Crippen molar-refractivity contribution in [1.29, 1.82) is 0 Å². The molecule has 94 valence electrons. The van der Waals surface area contributed by atoms with Crippen molar-refractivity contribution in [1.82, 2.24) is 0 Å². The Kier molecular flexibility index (Phi) is 3.99. The maximum absolute atomic E-state index is 13.3. The van der Waals surface area contributed by atoms with Crippen LogP contribution in [-0.4, -0.2) is 0 Å². The first kappa shape index (κ1) is 13.1. The molecule has 0 saturated carbocycles. The Labute approximate surface area is 114 Å². The molecule has 2 rings (SSSR count). The molecule has 0 saturated heterocycles. The van der Waals surface area contributed by atoms with Gasteiger partial charge >= 0.3 is 0 Å². The zero-order valence-corrected chi connectivity index (χ0v) is 11.4. The number of hydrogen-bond donors (Lipinski definition) is 1. The van der Waals surface area contributed by atoms with E-state index in [-0.39, 0.29) is 11.9 Å². The van der Waals surface area contributed by atoms with E-state index in [4.69, 9.17) is 10.5 Å². The van der Waals surface area contributed by atoms with Crippen molar-refractivity contribution in [2.24, 2.45) is 5.73 Å². The third-order valence-corrected chi connectivity index (χ3v) is 3.15. The van der Waals surface area contributed by atoms with Gasteiger partial charge in [-0.25, -0.2) is 4.39 Å². The van der Waals surface area contributed by atoms with Gasteiger partial charge in [0.1, 0.15) is 17.3 Å². The summed E-state index contributed by atoms with van der Waals surface area (Å²) in [5.41, 5.74) is 6.78. The van der Waals surface area contributed by atoms with E-state index in [2.05, 4.69) is 15.9 Å². The first-order valence-corrected chi connectivity index (χ1v) is 6.34. The average Bonchev–Trinajstić information content (AvgIpc) is 2.34. The summed E-state index contributed by atoms with van der Waals surface area (Å²) in [6.45, 7) is 1.90. The lowest BCUT2D eigenvalue weighted by atomic mass is 10.1. The lowest BCUT2D eigenvalue weighted by Gasteiger charge is -2.10. The molecule has 2 aromatic carbocycles. The molecule has 0 aliphatic carbocycles. The van der Waals surface area contributed by atoms with Crippen LogP contribution in [0, 0.1) is 5.82 Å². The predicted molar refractivity (Wildman–Crippen MR) is 73.2 cm³/mol. The highest BCUT2D eigenvalue weighted by Crippen LogP contribution is 2.27. The van der Waals surface area contributed by atoms with Crippen LogP contribution in [0.5, 0.6) is 11.5 Å². The van der Waals surface area contributed by atoms with Crippen LogP contribution >= 0.6 is 15.9 Å². The third kappa shape index (κ3) is 3.09. The molecule has 0 aliphatic heterocycles. The molecule has 0 bridgehead atoms. The smallest absolute Gasteiger partial charge is 0.141 e. The van der Waals surface area contributed by atoms with E-state index in [0.29, 0.717) is 16.0 Å². The highest BCUT2D eigenvalue weighted by Gasteiger charge is 2.05. The highest BCUT2D eigenvalue weighted by molar-refractivity contribution is 9.10. The molecule has 2 aromatic rings. The van der Waals surface area contributed by atoms with Gasteiger partial charge in [0, 0.05) is 12.1 Å². The van der Waals surface area contributed by atoms with Gasteiger partial charge in [-0.2, -0.15) is 0 Å². The minimum absolute atomic E-state index is 0.0600. The summed E-state index contributed by atoms with van der Waals surface area (Å²) >= 11 is 3.10. The van der Waals surface area contributed by atoms with Crippen LogP contribution in [0.4, 0.5) is 4.39 Å². The molecule has 18 heavy (non-hydrogen) atoms. The van der Waals surface area contributed by atoms with Crippen molar-refractivity contribution in [2.45, 2.75) is 13.0 Å². The Bertz CT molecular complexity index is 557. The van der Waals surface area contributed by atoms with Crippen LogP contribution in [0.2, 0.25) is 0 Å². The lowest BCUT2D eigenvalue weighted by molar-refractivity contribution is 0.475. The van der Waals surface area contributed by atoms with E-state index >= 15 is 0 Å². The summed E-state index contributed by atoms with van der Waals surface area (Å²) in [7, 11) is 0. The number of nitrogens with two attached hydrogens (primary N) is 1. The molecule has 0 heterocycles. The van der Waals surface area contributed by atoms with E-state index in [1.165, 1.54) is 6.07 Å². The Balaban J connectivity index is 2.23. The van der Waals surface area contributed by atoms with Gasteiger partial charge in [0.2, 0.25) is 0 Å². The number of halogens is 2. The molecule has 0 aromatic heterocycles. The van der Waals surface area contributed by atoms with Gasteiger partial charge in [-0.1, -0.05) is 12.1 Å². The third-order valence-electron chi connectivity index (χ3n) is 2.51. The molecule has 1 unspecified atom stereocenters. The second kappa shape index (κ2) is 5.50. The summed E-state index contributed by atoms with van der Waals surface area (Å²) in [5, 5.41) is 0. The predicted octanol–water partition coefficient (Wildman–Crippen LogP) is 4.40. The minimum Gasteiger partial charge on any atom is -0.457 e. The average molecular weight is 310 g/mol. The molecular weight excluding hydrogens is 297 g/mol. The summed E-state index contributed by atoms with van der Waals surface area (Å²) in [6.07, 6.45) is 0. The van der Waals surface area contributed by atoms with Crippen molar-refractivity contribution in [3.05, 3.63) is 58.3 Å². The van der Waals surface area contributed by atoms with Gasteiger partial charge < -0.3 is 10.5 Å². The molecule has 0 radical (unpaired) electrons. The second-order valence-electron chi connectivity index (χ2n) is 4.04. The zero-order chi connectivity index (χ0) is 13.1. The van der Waals surface area contributed by atoms with E-state index in [9.17, 15) is 4.39 Å². The molecule has 0 fully saturated rings. The fourth-order valence-electron chi connectivity index (χ4n) is 1.54. The summed E-state index contributed by atoms with van der Waals surface area (Å²) in [4.78, 5) is 0. The van der Waals surface area contributed by atoms with Gasteiger partial charge in [0.25, 0.3) is 0 Å². The maximum Gasteiger partial charge on any atom is 0.141 e. The second-order valence-corrected chi connectivity index (χ2v) is 4.89. The van der Waals surface area contributed by atoms with Crippen molar-refractivity contribution >= 4 is 15.9 Å². The van der Waals surface area contributed by atoms with Crippen molar-refractivity contribution < 1.29 is 9.13 Å². The quantitative estimate of drug-likeness (QED) is 0.912. The van der Waals surface area contributed by atoms with Gasteiger partial charge in [0.15, 0.2) is 0 Å². The maximum atomic E-state index is 13.3. The topological polar surface area (TPSA) is 35.2 Å². The van der Waals surface area contributed by atoms with E-state index in [1.807, 2.05) is 31.2 Å². The molecular formula is C14H13BrFNO. The summed E-state index contributed by atoms with van der Waals surface area (Å²) < 4.78 is 19.3. The molecule has 1 atom stereocenters.